The van der Waals surface area contributed by atoms with Gasteiger partial charge in [-0.2, -0.15) is 0 Å². The van der Waals surface area contributed by atoms with Crippen LogP contribution in [0.2, 0.25) is 0 Å². The monoisotopic (exact) mass is 297 g/mol. The SMILES string of the molecule is CC(CN)N1C(=O)NC(C)(c2ccc3ccccc3c2)C1=O. The second-order valence-corrected chi connectivity index (χ2v) is 5.88. The zero-order valence-corrected chi connectivity index (χ0v) is 12.7. The minimum absolute atomic E-state index is 0.243. The van der Waals surface area contributed by atoms with Crippen molar-refractivity contribution in [3.8, 4) is 0 Å². The van der Waals surface area contributed by atoms with Crippen molar-refractivity contribution in [2.45, 2.75) is 25.4 Å². The molecule has 5 heteroatoms. The van der Waals surface area contributed by atoms with Crippen LogP contribution in [0, 0.1) is 0 Å². The third kappa shape index (κ3) is 2.05. The lowest BCUT2D eigenvalue weighted by molar-refractivity contribution is -0.132. The molecule has 1 saturated heterocycles. The van der Waals surface area contributed by atoms with Crippen LogP contribution in [0.3, 0.4) is 0 Å². The second-order valence-electron chi connectivity index (χ2n) is 5.88. The Bertz CT molecular complexity index is 758. The molecule has 3 amide bonds. The van der Waals surface area contributed by atoms with Crippen LogP contribution in [0.4, 0.5) is 4.79 Å². The van der Waals surface area contributed by atoms with Crippen LogP contribution in [-0.4, -0.2) is 29.4 Å². The highest BCUT2D eigenvalue weighted by atomic mass is 16.2. The van der Waals surface area contributed by atoms with Crippen molar-refractivity contribution in [1.82, 2.24) is 10.2 Å². The van der Waals surface area contributed by atoms with Gasteiger partial charge in [-0.1, -0.05) is 36.4 Å². The number of fused-ring (bicyclic) bond motifs is 1. The second kappa shape index (κ2) is 5.10. The molecule has 2 aromatic rings. The maximum absolute atomic E-state index is 12.8. The van der Waals surface area contributed by atoms with E-state index >= 15 is 0 Å². The van der Waals surface area contributed by atoms with E-state index in [1.54, 1.807) is 13.8 Å². The van der Waals surface area contributed by atoms with Gasteiger partial charge in [-0.05, 0) is 36.2 Å². The van der Waals surface area contributed by atoms with Gasteiger partial charge in [-0.15, -0.1) is 0 Å². The van der Waals surface area contributed by atoms with Gasteiger partial charge in [0, 0.05) is 6.54 Å². The fourth-order valence-electron chi connectivity index (χ4n) is 2.86. The smallest absolute Gasteiger partial charge is 0.325 e. The number of imide groups is 1. The largest absolute Gasteiger partial charge is 0.328 e. The fourth-order valence-corrected chi connectivity index (χ4v) is 2.86. The average molecular weight is 297 g/mol. The van der Waals surface area contributed by atoms with Gasteiger partial charge in [0.25, 0.3) is 5.91 Å². The minimum Gasteiger partial charge on any atom is -0.328 e. The Kier molecular flexibility index (Phi) is 3.37. The van der Waals surface area contributed by atoms with E-state index in [1.165, 1.54) is 4.90 Å². The molecular formula is C17H19N3O2. The number of nitrogens with one attached hydrogen (secondary N) is 1. The first-order valence-corrected chi connectivity index (χ1v) is 7.32. The fraction of sp³-hybridized carbons (Fsp3) is 0.294. The van der Waals surface area contributed by atoms with Gasteiger partial charge >= 0.3 is 6.03 Å². The van der Waals surface area contributed by atoms with E-state index in [0.29, 0.717) is 0 Å². The van der Waals surface area contributed by atoms with E-state index in [4.69, 9.17) is 5.73 Å². The minimum atomic E-state index is -1.05. The number of hydrogen-bond acceptors (Lipinski definition) is 3. The Morgan fingerprint density at radius 2 is 1.86 bits per heavy atom. The number of carbonyl (C=O) groups excluding carboxylic acids is 2. The highest BCUT2D eigenvalue weighted by Crippen LogP contribution is 2.31. The molecule has 1 aliphatic rings. The van der Waals surface area contributed by atoms with E-state index in [9.17, 15) is 9.59 Å². The summed E-state index contributed by atoms with van der Waals surface area (Å²) >= 11 is 0. The highest BCUT2D eigenvalue weighted by Gasteiger charge is 2.50. The van der Waals surface area contributed by atoms with E-state index in [2.05, 4.69) is 5.32 Å². The van der Waals surface area contributed by atoms with E-state index in [1.807, 2.05) is 42.5 Å². The molecular weight excluding hydrogens is 278 g/mol. The van der Waals surface area contributed by atoms with Crippen LogP contribution < -0.4 is 11.1 Å². The molecule has 1 heterocycles. The van der Waals surface area contributed by atoms with Crippen molar-refractivity contribution in [3.05, 3.63) is 48.0 Å². The van der Waals surface area contributed by atoms with Crippen LogP contribution >= 0.6 is 0 Å². The number of amides is 3. The first-order valence-electron chi connectivity index (χ1n) is 7.32. The number of nitrogens with zero attached hydrogens (tertiary/aromatic N) is 1. The first kappa shape index (κ1) is 14.5. The topological polar surface area (TPSA) is 75.4 Å². The Morgan fingerprint density at radius 3 is 2.55 bits per heavy atom. The van der Waals surface area contributed by atoms with Gasteiger partial charge in [-0.3, -0.25) is 9.69 Å². The number of urea groups is 1. The quantitative estimate of drug-likeness (QED) is 0.850. The standard InChI is InChI=1S/C17H19N3O2/c1-11(10-18)20-15(21)17(2,19-16(20)22)14-8-7-12-5-3-4-6-13(12)9-14/h3-9,11H,10,18H2,1-2H3,(H,19,22). The Labute approximate surface area is 129 Å². The summed E-state index contributed by atoms with van der Waals surface area (Å²) < 4.78 is 0. The lowest BCUT2D eigenvalue weighted by atomic mass is 9.90. The molecule has 0 saturated carbocycles. The summed E-state index contributed by atoms with van der Waals surface area (Å²) in [6.45, 7) is 3.75. The predicted molar refractivity (Wildman–Crippen MR) is 85.2 cm³/mol. The lowest BCUT2D eigenvalue weighted by Crippen LogP contribution is -2.45. The van der Waals surface area contributed by atoms with Gasteiger partial charge in [0.15, 0.2) is 0 Å². The van der Waals surface area contributed by atoms with Gasteiger partial charge in [-0.25, -0.2) is 4.79 Å². The molecule has 2 aromatic carbocycles. The maximum Gasteiger partial charge on any atom is 0.325 e. The summed E-state index contributed by atoms with van der Waals surface area (Å²) in [6.07, 6.45) is 0. The van der Waals surface area contributed by atoms with Crippen molar-refractivity contribution in [3.63, 3.8) is 0 Å². The summed E-state index contributed by atoms with van der Waals surface area (Å²) in [4.78, 5) is 26.2. The van der Waals surface area contributed by atoms with Crippen LogP contribution in [0.1, 0.15) is 19.4 Å². The molecule has 0 aromatic heterocycles. The number of hydrogen-bond donors (Lipinski definition) is 2. The van der Waals surface area contributed by atoms with Crippen LogP contribution in [0.25, 0.3) is 10.8 Å². The van der Waals surface area contributed by atoms with Gasteiger partial charge in [0.1, 0.15) is 5.54 Å². The van der Waals surface area contributed by atoms with Crippen molar-refractivity contribution in [2.24, 2.45) is 5.73 Å². The molecule has 0 aliphatic carbocycles. The van der Waals surface area contributed by atoms with Gasteiger partial charge in [0.05, 0.1) is 6.04 Å². The molecule has 0 bridgehead atoms. The molecule has 0 spiro atoms. The zero-order chi connectivity index (χ0) is 15.9. The normalized spacial score (nSPS) is 23.0. The van der Waals surface area contributed by atoms with Crippen LogP contribution in [0.15, 0.2) is 42.5 Å². The molecule has 1 fully saturated rings. The van der Waals surface area contributed by atoms with Crippen molar-refractivity contribution >= 4 is 22.7 Å². The van der Waals surface area contributed by atoms with Crippen molar-refractivity contribution < 1.29 is 9.59 Å². The molecule has 0 radical (unpaired) electrons. The lowest BCUT2D eigenvalue weighted by Gasteiger charge is -2.24. The van der Waals surface area contributed by atoms with E-state index < -0.39 is 11.6 Å². The molecule has 3 rings (SSSR count). The Hall–Kier alpha value is -2.40. The third-order valence-electron chi connectivity index (χ3n) is 4.33. The van der Waals surface area contributed by atoms with Crippen LogP contribution in [0.5, 0.6) is 0 Å². The van der Waals surface area contributed by atoms with Crippen molar-refractivity contribution in [2.75, 3.05) is 6.54 Å². The molecule has 114 valence electrons. The van der Waals surface area contributed by atoms with E-state index in [-0.39, 0.29) is 18.5 Å². The van der Waals surface area contributed by atoms with Crippen LogP contribution in [-0.2, 0) is 10.3 Å². The summed E-state index contributed by atoms with van der Waals surface area (Å²) in [5.41, 5.74) is 5.33. The number of rotatable bonds is 3. The summed E-state index contributed by atoms with van der Waals surface area (Å²) in [5.74, 6) is -0.259. The number of carbonyl (C=O) groups is 2. The Morgan fingerprint density at radius 1 is 1.18 bits per heavy atom. The average Bonchev–Trinajstić information content (AvgIpc) is 2.76. The zero-order valence-electron chi connectivity index (χ0n) is 12.7. The van der Waals surface area contributed by atoms with Crippen molar-refractivity contribution in [1.29, 1.82) is 0 Å². The molecule has 3 N–H and O–H groups in total. The van der Waals surface area contributed by atoms with Gasteiger partial charge < -0.3 is 11.1 Å². The molecule has 2 unspecified atom stereocenters. The van der Waals surface area contributed by atoms with Gasteiger partial charge in [0.2, 0.25) is 0 Å². The molecule has 1 aliphatic heterocycles. The highest BCUT2D eigenvalue weighted by molar-refractivity contribution is 6.07. The molecule has 22 heavy (non-hydrogen) atoms. The molecule has 5 nitrogen and oxygen atoms in total. The summed E-state index contributed by atoms with van der Waals surface area (Å²) in [5, 5.41) is 4.94. The summed E-state index contributed by atoms with van der Waals surface area (Å²) in [7, 11) is 0. The third-order valence-corrected chi connectivity index (χ3v) is 4.33. The van der Waals surface area contributed by atoms with E-state index in [0.717, 1.165) is 16.3 Å². The first-order chi connectivity index (χ1) is 10.5. The maximum atomic E-state index is 12.8. The summed E-state index contributed by atoms with van der Waals surface area (Å²) in [6, 6.07) is 13.0. The molecule has 2 atom stereocenters. The number of nitrogens with two attached hydrogens (primary N) is 1. The predicted octanol–water partition coefficient (Wildman–Crippen LogP) is 1.95. The Balaban J connectivity index is 2.05. The number of benzene rings is 2.